The van der Waals surface area contributed by atoms with Gasteiger partial charge in [-0.05, 0) is 31.4 Å². The first kappa shape index (κ1) is 10.7. The number of fused-ring (bicyclic) bond motifs is 1. The number of hydrogen-bond donors (Lipinski definition) is 0. The van der Waals surface area contributed by atoms with E-state index in [1.54, 1.807) is 6.20 Å². The van der Waals surface area contributed by atoms with Gasteiger partial charge in [-0.2, -0.15) is 5.10 Å². The molecule has 17 heavy (non-hydrogen) atoms. The minimum absolute atomic E-state index is 0.0353. The van der Waals surface area contributed by atoms with Crippen LogP contribution in [0, 0.1) is 0 Å². The van der Waals surface area contributed by atoms with E-state index in [1.807, 2.05) is 22.8 Å². The molecule has 0 spiro atoms. The van der Waals surface area contributed by atoms with Gasteiger partial charge in [0.1, 0.15) is 0 Å². The van der Waals surface area contributed by atoms with E-state index in [2.05, 4.69) is 11.2 Å². The van der Waals surface area contributed by atoms with Crippen LogP contribution in [0.25, 0.3) is 5.52 Å². The zero-order valence-corrected chi connectivity index (χ0v) is 9.71. The third-order valence-electron chi connectivity index (χ3n) is 3.09. The molecule has 3 rings (SSSR count). The summed E-state index contributed by atoms with van der Waals surface area (Å²) < 4.78 is 13.2. The molecule has 0 radical (unpaired) electrons. The molecule has 1 unspecified atom stereocenters. The van der Waals surface area contributed by atoms with Crippen LogP contribution in [0.15, 0.2) is 30.6 Å². The second-order valence-electron chi connectivity index (χ2n) is 4.30. The summed E-state index contributed by atoms with van der Waals surface area (Å²) in [5.74, 6) is 0. The molecule has 1 fully saturated rings. The van der Waals surface area contributed by atoms with Gasteiger partial charge in [-0.3, -0.25) is 0 Å². The van der Waals surface area contributed by atoms with E-state index in [0.29, 0.717) is 6.61 Å². The Bertz CT molecular complexity index is 489. The summed E-state index contributed by atoms with van der Waals surface area (Å²) in [6.07, 6.45) is 7.06. The van der Waals surface area contributed by atoms with Gasteiger partial charge in [0.25, 0.3) is 0 Å². The molecule has 0 aromatic carbocycles. The summed E-state index contributed by atoms with van der Waals surface area (Å²) in [5, 5.41) is 4.20. The monoisotopic (exact) mass is 232 g/mol. The standard InChI is InChI=1S/C13H16N2O2/c1-2-9-16-13(5-1)17-10-11-4-3-8-15-12(11)6-7-14-15/h3-4,6-8,13H,1-2,5,9-10H2. The van der Waals surface area contributed by atoms with Crippen LogP contribution in [0.1, 0.15) is 24.8 Å². The molecule has 1 aliphatic heterocycles. The minimum atomic E-state index is -0.0353. The van der Waals surface area contributed by atoms with Crippen LogP contribution in [-0.4, -0.2) is 22.5 Å². The van der Waals surface area contributed by atoms with E-state index in [4.69, 9.17) is 9.47 Å². The first-order chi connectivity index (χ1) is 8.43. The largest absolute Gasteiger partial charge is 0.353 e. The van der Waals surface area contributed by atoms with Crippen molar-refractivity contribution in [3.63, 3.8) is 0 Å². The summed E-state index contributed by atoms with van der Waals surface area (Å²) >= 11 is 0. The number of aromatic nitrogens is 2. The maximum atomic E-state index is 5.78. The van der Waals surface area contributed by atoms with Crippen LogP contribution in [0.5, 0.6) is 0 Å². The van der Waals surface area contributed by atoms with Crippen molar-refractivity contribution in [1.29, 1.82) is 0 Å². The molecule has 1 aliphatic rings. The molecule has 0 amide bonds. The van der Waals surface area contributed by atoms with Crippen molar-refractivity contribution in [2.75, 3.05) is 6.61 Å². The molecule has 3 heterocycles. The Balaban J connectivity index is 1.69. The predicted molar refractivity (Wildman–Crippen MR) is 63.6 cm³/mol. The lowest BCUT2D eigenvalue weighted by molar-refractivity contribution is -0.168. The highest BCUT2D eigenvalue weighted by Gasteiger charge is 2.14. The van der Waals surface area contributed by atoms with Gasteiger partial charge >= 0.3 is 0 Å². The topological polar surface area (TPSA) is 35.8 Å². The number of rotatable bonds is 3. The normalized spacial score (nSPS) is 20.8. The highest BCUT2D eigenvalue weighted by molar-refractivity contribution is 5.53. The molecule has 0 N–H and O–H groups in total. The third kappa shape index (κ3) is 2.33. The van der Waals surface area contributed by atoms with Crippen molar-refractivity contribution in [2.45, 2.75) is 32.2 Å². The van der Waals surface area contributed by atoms with Crippen molar-refractivity contribution in [3.05, 3.63) is 36.2 Å². The molecule has 4 heteroatoms. The lowest BCUT2D eigenvalue weighted by Crippen LogP contribution is -2.22. The van der Waals surface area contributed by atoms with E-state index in [1.165, 1.54) is 6.42 Å². The Morgan fingerprint density at radius 3 is 3.29 bits per heavy atom. The van der Waals surface area contributed by atoms with Gasteiger partial charge in [0.15, 0.2) is 6.29 Å². The van der Waals surface area contributed by atoms with E-state index < -0.39 is 0 Å². The fourth-order valence-corrected chi connectivity index (χ4v) is 2.16. The van der Waals surface area contributed by atoms with E-state index in [-0.39, 0.29) is 6.29 Å². The van der Waals surface area contributed by atoms with Crippen molar-refractivity contribution in [2.24, 2.45) is 0 Å². The van der Waals surface area contributed by atoms with Crippen LogP contribution in [0.2, 0.25) is 0 Å². The molecular weight excluding hydrogens is 216 g/mol. The SMILES string of the molecule is c1cc(COC2CCCCO2)c2ccnn2c1. The fourth-order valence-electron chi connectivity index (χ4n) is 2.16. The van der Waals surface area contributed by atoms with Crippen molar-refractivity contribution in [1.82, 2.24) is 9.61 Å². The molecule has 2 aromatic rings. The average molecular weight is 232 g/mol. The molecule has 1 saturated heterocycles. The lowest BCUT2D eigenvalue weighted by atomic mass is 10.2. The highest BCUT2D eigenvalue weighted by atomic mass is 16.7. The fraction of sp³-hybridized carbons (Fsp3) is 0.462. The molecule has 0 aliphatic carbocycles. The van der Waals surface area contributed by atoms with Crippen LogP contribution in [-0.2, 0) is 16.1 Å². The summed E-state index contributed by atoms with van der Waals surface area (Å²) in [6.45, 7) is 1.41. The maximum Gasteiger partial charge on any atom is 0.158 e. The Morgan fingerprint density at radius 2 is 2.41 bits per heavy atom. The van der Waals surface area contributed by atoms with Crippen molar-refractivity contribution >= 4 is 5.52 Å². The van der Waals surface area contributed by atoms with Crippen LogP contribution in [0.4, 0.5) is 0 Å². The van der Waals surface area contributed by atoms with E-state index >= 15 is 0 Å². The Kier molecular flexibility index (Phi) is 3.07. The van der Waals surface area contributed by atoms with E-state index in [9.17, 15) is 0 Å². The Hall–Kier alpha value is -1.39. The summed E-state index contributed by atoms with van der Waals surface area (Å²) in [6, 6.07) is 6.06. The van der Waals surface area contributed by atoms with Gasteiger partial charge in [-0.15, -0.1) is 0 Å². The average Bonchev–Trinajstić information content (AvgIpc) is 2.86. The van der Waals surface area contributed by atoms with Gasteiger partial charge in [0.05, 0.1) is 12.1 Å². The zero-order chi connectivity index (χ0) is 11.5. The maximum absolute atomic E-state index is 5.78. The second-order valence-corrected chi connectivity index (χ2v) is 4.30. The quantitative estimate of drug-likeness (QED) is 0.815. The van der Waals surface area contributed by atoms with Crippen LogP contribution < -0.4 is 0 Å². The number of pyridine rings is 1. The van der Waals surface area contributed by atoms with Crippen LogP contribution in [0.3, 0.4) is 0 Å². The summed E-state index contributed by atoms with van der Waals surface area (Å²) in [7, 11) is 0. The lowest BCUT2D eigenvalue weighted by Gasteiger charge is -2.22. The molecule has 0 bridgehead atoms. The molecule has 2 aromatic heterocycles. The van der Waals surface area contributed by atoms with Gasteiger partial charge in [-0.1, -0.05) is 6.07 Å². The molecule has 1 atom stereocenters. The number of nitrogens with zero attached hydrogens (tertiary/aromatic N) is 2. The van der Waals surface area contributed by atoms with Gasteiger partial charge < -0.3 is 9.47 Å². The second kappa shape index (κ2) is 4.85. The molecular formula is C13H16N2O2. The van der Waals surface area contributed by atoms with Gasteiger partial charge in [0.2, 0.25) is 0 Å². The van der Waals surface area contributed by atoms with Crippen LogP contribution >= 0.6 is 0 Å². The molecule has 0 saturated carbocycles. The van der Waals surface area contributed by atoms with Gasteiger partial charge in [0, 0.05) is 24.6 Å². The predicted octanol–water partition coefficient (Wildman–Crippen LogP) is 2.38. The first-order valence-corrected chi connectivity index (χ1v) is 6.08. The Labute approximate surface area is 100 Å². The third-order valence-corrected chi connectivity index (χ3v) is 3.09. The number of hydrogen-bond acceptors (Lipinski definition) is 3. The highest BCUT2D eigenvalue weighted by Crippen LogP contribution is 2.17. The molecule has 4 nitrogen and oxygen atoms in total. The first-order valence-electron chi connectivity index (χ1n) is 6.08. The summed E-state index contributed by atoms with van der Waals surface area (Å²) in [5.41, 5.74) is 2.25. The number of ether oxygens (including phenoxy) is 2. The summed E-state index contributed by atoms with van der Waals surface area (Å²) in [4.78, 5) is 0. The smallest absolute Gasteiger partial charge is 0.158 e. The van der Waals surface area contributed by atoms with E-state index in [0.717, 1.165) is 30.5 Å². The zero-order valence-electron chi connectivity index (χ0n) is 9.71. The Morgan fingerprint density at radius 1 is 1.41 bits per heavy atom. The molecule has 90 valence electrons. The van der Waals surface area contributed by atoms with Gasteiger partial charge in [-0.25, -0.2) is 4.52 Å². The van der Waals surface area contributed by atoms with Crippen molar-refractivity contribution in [3.8, 4) is 0 Å². The minimum Gasteiger partial charge on any atom is -0.353 e. The van der Waals surface area contributed by atoms with Crippen molar-refractivity contribution < 1.29 is 9.47 Å².